The summed E-state index contributed by atoms with van der Waals surface area (Å²) >= 11 is 0. The minimum absolute atomic E-state index is 1.16. The molecule has 0 radical (unpaired) electrons. The minimum atomic E-state index is 1.16. The second kappa shape index (κ2) is 47.6. The van der Waals surface area contributed by atoms with E-state index in [1.54, 1.807) is 0 Å². The van der Waals surface area contributed by atoms with E-state index >= 15 is 0 Å². The first-order chi connectivity index (χ1) is 73.5. The molecular weight excluding hydrogens is 1790 g/mol. The monoisotopic (exact) mass is 1910 g/mol. The molecule has 24 rings (SSSR count). The molecule has 24 aromatic rings. The lowest BCUT2D eigenvalue weighted by molar-refractivity contribution is 1.18. The van der Waals surface area contributed by atoms with Crippen LogP contribution in [0.3, 0.4) is 0 Å². The van der Waals surface area contributed by atoms with Crippen molar-refractivity contribution >= 4 is 100 Å². The summed E-state index contributed by atoms with van der Waals surface area (Å²) in [6.45, 7) is 10.7. The van der Waals surface area contributed by atoms with E-state index in [1.165, 1.54) is 216 Å². The van der Waals surface area contributed by atoms with Crippen molar-refractivity contribution in [2.45, 2.75) is 34.6 Å². The number of benzene rings is 22. The molecule has 2 aromatic heterocycles. The number of rotatable bonds is 20. The largest absolute Gasteiger partial charge is 0.309 e. The van der Waals surface area contributed by atoms with E-state index in [2.05, 4.69) is 656 Å². The molecular formula is C147H116N2. The van der Waals surface area contributed by atoms with Crippen LogP contribution in [0.5, 0.6) is 0 Å². The molecule has 0 bridgehead atoms. The quantitative estimate of drug-likeness (QED) is 0.0673. The van der Waals surface area contributed by atoms with E-state index in [0.717, 1.165) is 11.4 Å². The van der Waals surface area contributed by atoms with Crippen LogP contribution in [-0.2, 0) is 0 Å². The Morgan fingerprint density at radius 2 is 0.315 bits per heavy atom. The molecule has 0 spiro atoms. The van der Waals surface area contributed by atoms with E-state index in [4.69, 9.17) is 0 Å². The molecule has 0 amide bonds. The first-order valence-electron chi connectivity index (χ1n) is 51.3. The Morgan fingerprint density at radius 1 is 0.148 bits per heavy atom. The lowest BCUT2D eigenvalue weighted by atomic mass is 9.85. The average Bonchev–Trinajstić information content (AvgIpc) is 1.59. The van der Waals surface area contributed by atoms with Crippen LogP contribution in [0, 0.1) is 27.7 Å². The van der Waals surface area contributed by atoms with Crippen molar-refractivity contribution in [2.24, 2.45) is 0 Å². The molecule has 22 aromatic carbocycles. The standard InChI is InChI=1S/C45H32N2.C33H26.C27H22.2C21H18/c1-31-18-20-32(21-19-31)30-41(33-22-26-35(27-23-33)46-42-14-6-2-10-37(42)38-11-3-7-15-43(38)46)34-24-28-36(29-25-34)47-44-16-8-4-12-39(44)40-13-5-9-17-45(40)47;1-25-17-19-26(20-18-25)27-21-23-31(24-22-27)33(30-15-9-4-10-16-30)32(28-11-5-2-6-12-28)29-13-7-3-8-14-29;1-21-17-19-25(20-18-21)27(24-15-9-4-10-16-24)26(22-11-5-2-6-12-22)23-13-7-3-8-14-23;1-17(18-11-5-2-6-12-18)21(19-13-7-3-8-14-19)20-15-9-4-10-16-20;1-17-12-14-18(15-13-17)16-21(19-8-4-2-5-9-19)20-10-6-3-7-11-20/h2-30H,1H3;2-24H,1H3;2-20H,1H3;2*2-16H,1H3. The maximum atomic E-state index is 2.37. The predicted molar refractivity (Wildman–Crippen MR) is 638 cm³/mol. The SMILES string of the molecule is CC(=C(c1ccccc1)c1ccccc1)c1ccccc1.Cc1ccc(-c2ccc(C(=C(c3ccccc3)c3ccccc3)c3ccccc3)cc2)cc1.Cc1ccc(C(=C(c2ccccc2)c2ccccc2)c2ccccc2)cc1.Cc1ccc(C=C(c2ccc(-n3c4ccccc4c4ccccc43)cc2)c2ccc(-n3c4ccccc4c4ccccc43)cc2)cc1.Cc1ccc(C=C(c2ccccc2)c2ccccc2)cc1. The van der Waals surface area contributed by atoms with E-state index in [0.29, 0.717) is 0 Å². The van der Waals surface area contributed by atoms with Crippen molar-refractivity contribution in [2.75, 3.05) is 0 Å². The molecule has 0 saturated heterocycles. The summed E-state index contributed by atoms with van der Waals surface area (Å²) in [6.07, 6.45) is 4.56. The lowest BCUT2D eigenvalue weighted by Crippen LogP contribution is -1.97. The summed E-state index contributed by atoms with van der Waals surface area (Å²) in [5.41, 5.74) is 45.6. The Morgan fingerprint density at radius 3 is 0.564 bits per heavy atom. The molecule has 2 nitrogen and oxygen atoms in total. The fourth-order valence-electron chi connectivity index (χ4n) is 19.9. The van der Waals surface area contributed by atoms with Gasteiger partial charge >= 0.3 is 0 Å². The molecule has 0 atom stereocenters. The van der Waals surface area contributed by atoms with Crippen LogP contribution in [-0.4, -0.2) is 9.13 Å². The summed E-state index contributed by atoms with van der Waals surface area (Å²) < 4.78 is 4.75. The summed E-state index contributed by atoms with van der Waals surface area (Å²) in [4.78, 5) is 0. The zero-order valence-electron chi connectivity index (χ0n) is 84.7. The molecule has 714 valence electrons. The normalized spacial score (nSPS) is 10.7. The van der Waals surface area contributed by atoms with Crippen LogP contribution in [0.25, 0.3) is 123 Å². The van der Waals surface area contributed by atoms with Crippen LogP contribution in [0.2, 0.25) is 0 Å². The third-order valence-corrected chi connectivity index (χ3v) is 27.5. The second-order valence-corrected chi connectivity index (χ2v) is 37.6. The zero-order valence-corrected chi connectivity index (χ0v) is 84.7. The summed E-state index contributed by atoms with van der Waals surface area (Å²) in [5, 5.41) is 5.09. The van der Waals surface area contributed by atoms with Crippen molar-refractivity contribution in [3.63, 3.8) is 0 Å². The van der Waals surface area contributed by atoms with Gasteiger partial charge in [-0.3, -0.25) is 0 Å². The van der Waals surface area contributed by atoms with Gasteiger partial charge in [0.25, 0.3) is 0 Å². The molecule has 0 aliphatic rings. The summed E-state index contributed by atoms with van der Waals surface area (Å²) in [7, 11) is 0. The Labute approximate surface area is 877 Å². The van der Waals surface area contributed by atoms with Crippen molar-refractivity contribution in [1.29, 1.82) is 0 Å². The highest BCUT2D eigenvalue weighted by molar-refractivity contribution is 6.12. The molecule has 0 aliphatic heterocycles. The van der Waals surface area contributed by atoms with Gasteiger partial charge in [0, 0.05) is 32.9 Å². The predicted octanol–water partition coefficient (Wildman–Crippen LogP) is 38.7. The second-order valence-electron chi connectivity index (χ2n) is 37.6. The fourth-order valence-corrected chi connectivity index (χ4v) is 19.9. The number of aryl methyl sites for hydroxylation is 4. The van der Waals surface area contributed by atoms with Gasteiger partial charge in [0.15, 0.2) is 0 Å². The van der Waals surface area contributed by atoms with Crippen LogP contribution in [0.1, 0.15) is 124 Å². The fraction of sp³-hybridized carbons (Fsp3) is 0.0340. The van der Waals surface area contributed by atoms with E-state index in [-0.39, 0.29) is 0 Å². The zero-order chi connectivity index (χ0) is 101. The molecule has 0 unspecified atom stereocenters. The third-order valence-electron chi connectivity index (χ3n) is 27.5. The van der Waals surface area contributed by atoms with Crippen molar-refractivity contribution in [3.8, 4) is 22.5 Å². The summed E-state index contributed by atoms with van der Waals surface area (Å²) in [6, 6.07) is 214. The number of fused-ring (bicyclic) bond motifs is 6. The van der Waals surface area contributed by atoms with Gasteiger partial charge in [0.2, 0.25) is 0 Å². The van der Waals surface area contributed by atoms with Gasteiger partial charge in [0.05, 0.1) is 22.1 Å². The molecule has 0 fully saturated rings. The third kappa shape index (κ3) is 23.3. The lowest BCUT2D eigenvalue weighted by Gasteiger charge is -2.18. The van der Waals surface area contributed by atoms with Crippen LogP contribution < -0.4 is 0 Å². The maximum Gasteiger partial charge on any atom is 0.0541 e. The van der Waals surface area contributed by atoms with Gasteiger partial charge in [-0.2, -0.15) is 0 Å². The molecule has 0 N–H and O–H groups in total. The number of allylic oxidation sites excluding steroid dienone is 1. The first-order valence-corrected chi connectivity index (χ1v) is 51.3. The number of hydrogen-bond acceptors (Lipinski definition) is 0. The molecule has 2 heterocycles. The number of nitrogens with zero attached hydrogens (tertiary/aromatic N) is 2. The molecule has 2 heteroatoms. The Bertz CT molecular complexity index is 8270. The first kappa shape index (κ1) is 97.6. The average molecular weight is 1910 g/mol. The van der Waals surface area contributed by atoms with Crippen molar-refractivity contribution in [3.05, 3.63) is 717 Å². The number of para-hydroxylation sites is 4. The summed E-state index contributed by atoms with van der Waals surface area (Å²) in [5.74, 6) is 0. The van der Waals surface area contributed by atoms with Crippen molar-refractivity contribution in [1.82, 2.24) is 9.13 Å². The van der Waals surface area contributed by atoms with Gasteiger partial charge in [-0.1, -0.05) is 574 Å². The van der Waals surface area contributed by atoms with Gasteiger partial charge < -0.3 is 9.13 Å². The highest BCUT2D eigenvalue weighted by Crippen LogP contribution is 2.43. The van der Waals surface area contributed by atoms with E-state index in [1.807, 2.05) is 0 Å². The van der Waals surface area contributed by atoms with Gasteiger partial charge in [-0.15, -0.1) is 0 Å². The topological polar surface area (TPSA) is 9.86 Å². The van der Waals surface area contributed by atoms with Gasteiger partial charge in [-0.05, 0) is 246 Å². The number of aromatic nitrogens is 2. The van der Waals surface area contributed by atoms with Crippen LogP contribution >= 0.6 is 0 Å². The smallest absolute Gasteiger partial charge is 0.0541 e. The highest BCUT2D eigenvalue weighted by Gasteiger charge is 2.22. The Kier molecular flexibility index (Phi) is 31.1. The number of hydrogen-bond donors (Lipinski definition) is 0. The van der Waals surface area contributed by atoms with Gasteiger partial charge in [-0.25, -0.2) is 0 Å². The van der Waals surface area contributed by atoms with Crippen LogP contribution in [0.4, 0.5) is 0 Å². The Balaban J connectivity index is 0.000000117. The Hall–Kier alpha value is -18.9. The minimum Gasteiger partial charge on any atom is -0.309 e. The molecule has 0 aliphatic carbocycles. The van der Waals surface area contributed by atoms with Crippen molar-refractivity contribution < 1.29 is 0 Å². The van der Waals surface area contributed by atoms with E-state index in [9.17, 15) is 0 Å². The molecule has 149 heavy (non-hydrogen) atoms. The van der Waals surface area contributed by atoms with Gasteiger partial charge in [0.1, 0.15) is 0 Å². The van der Waals surface area contributed by atoms with Crippen LogP contribution in [0.15, 0.2) is 601 Å². The highest BCUT2D eigenvalue weighted by atomic mass is 15.0. The maximum absolute atomic E-state index is 2.37. The van der Waals surface area contributed by atoms with E-state index < -0.39 is 0 Å². The molecule has 0 saturated carbocycles.